The number of hydrogen-bond donors (Lipinski definition) is 1. The van der Waals surface area contributed by atoms with Crippen LogP contribution >= 0.6 is 11.6 Å². The summed E-state index contributed by atoms with van der Waals surface area (Å²) in [5.41, 5.74) is -2.77. The highest BCUT2D eigenvalue weighted by atomic mass is 35.5. The highest BCUT2D eigenvalue weighted by Gasteiger charge is 2.61. The van der Waals surface area contributed by atoms with Gasteiger partial charge in [0.25, 0.3) is 0 Å². The first-order valence-corrected chi connectivity index (χ1v) is 19.1. The number of allylic oxidation sites excluding steroid dienone is 1. The molecule has 0 bridgehead atoms. The van der Waals surface area contributed by atoms with E-state index in [9.17, 15) is 27.6 Å². The Kier molecular flexibility index (Phi) is 10.6. The molecule has 1 saturated heterocycles. The lowest BCUT2D eigenvalue weighted by atomic mass is 9.77. The molecule has 1 N–H and O–H groups in total. The van der Waals surface area contributed by atoms with Crippen LogP contribution in [0.1, 0.15) is 80.1 Å². The molecule has 12 nitrogen and oxygen atoms in total. The average Bonchev–Trinajstić information content (AvgIpc) is 3.95. The summed E-state index contributed by atoms with van der Waals surface area (Å²) < 4.78 is 45.1. The molecule has 2 aliphatic carbocycles. The summed E-state index contributed by atoms with van der Waals surface area (Å²) in [6, 6.07) is 4.16. The summed E-state index contributed by atoms with van der Waals surface area (Å²) >= 11 is 6.33. The zero-order valence-electron chi connectivity index (χ0n) is 30.3. The van der Waals surface area contributed by atoms with Gasteiger partial charge in [-0.3, -0.25) is 23.9 Å². The molecule has 14 heteroatoms. The van der Waals surface area contributed by atoms with Crippen LogP contribution in [0.5, 0.6) is 11.6 Å². The maximum absolute atomic E-state index is 14.5. The van der Waals surface area contributed by atoms with Crippen molar-refractivity contribution in [1.29, 1.82) is 0 Å². The van der Waals surface area contributed by atoms with Crippen LogP contribution in [0.15, 0.2) is 37.1 Å². The number of fused-ring (bicyclic) bond motifs is 1. The van der Waals surface area contributed by atoms with Gasteiger partial charge in [-0.1, -0.05) is 38.4 Å². The number of aromatic nitrogens is 1. The summed E-state index contributed by atoms with van der Waals surface area (Å²) in [4.78, 5) is 61.4. The van der Waals surface area contributed by atoms with Gasteiger partial charge in [0.05, 0.1) is 48.9 Å². The van der Waals surface area contributed by atoms with Gasteiger partial charge in [-0.15, -0.1) is 6.58 Å². The van der Waals surface area contributed by atoms with E-state index in [0.29, 0.717) is 34.4 Å². The van der Waals surface area contributed by atoms with Crippen LogP contribution in [0.2, 0.25) is 5.02 Å². The van der Waals surface area contributed by atoms with Gasteiger partial charge in [0, 0.05) is 28.6 Å². The molecule has 2 heterocycles. The first-order valence-electron chi connectivity index (χ1n) is 17.2. The third kappa shape index (κ3) is 8.51. The van der Waals surface area contributed by atoms with Crippen LogP contribution < -0.4 is 14.2 Å². The molecule has 51 heavy (non-hydrogen) atoms. The van der Waals surface area contributed by atoms with Crippen molar-refractivity contribution in [2.24, 2.45) is 22.7 Å². The smallest absolute Gasteiger partial charge is 0.307 e. The molecule has 5 atom stereocenters. The molecule has 1 aliphatic heterocycles. The molecule has 278 valence electrons. The fourth-order valence-electron chi connectivity index (χ4n) is 6.83. The molecule has 2 saturated carbocycles. The van der Waals surface area contributed by atoms with Crippen LogP contribution in [-0.4, -0.2) is 78.5 Å². The Morgan fingerprint density at radius 3 is 2.39 bits per heavy atom. The topological polar surface area (TPSA) is 158 Å². The summed E-state index contributed by atoms with van der Waals surface area (Å²) in [5.74, 6) is -2.66. The largest absolute Gasteiger partial charge is 0.494 e. The summed E-state index contributed by atoms with van der Waals surface area (Å²) in [7, 11) is -2.34. The fraction of sp³-hybridized carbons (Fsp3) is 0.595. The number of ketones is 1. The Morgan fingerprint density at radius 1 is 1.14 bits per heavy atom. The van der Waals surface area contributed by atoms with E-state index >= 15 is 0 Å². The highest BCUT2D eigenvalue weighted by Crippen LogP contribution is 2.57. The SMILES string of the molecule is C=C[C@@H]1CC1(CC(=O)[C@@H]1C[C@@H](Oc2ncc(OC)c3ccc(Cl)cc23)CN1C(=O)[C@@H](CC(=O)OC(C)(C)C)C(C)(C)C)C(=O)NS(=O)(=O)C1CC1. The Balaban J connectivity index is 1.46. The number of halogens is 1. The van der Waals surface area contributed by atoms with Gasteiger partial charge in [-0.25, -0.2) is 13.4 Å². The minimum Gasteiger partial charge on any atom is -0.494 e. The number of likely N-dealkylation sites (tertiary alicyclic amines) is 1. The number of amides is 2. The van der Waals surface area contributed by atoms with Crippen molar-refractivity contribution in [1.82, 2.24) is 14.6 Å². The number of methoxy groups -OCH3 is 1. The normalized spacial score (nSPS) is 24.1. The molecule has 0 radical (unpaired) electrons. The highest BCUT2D eigenvalue weighted by molar-refractivity contribution is 7.90. The Hall–Kier alpha value is -3.71. The lowest BCUT2D eigenvalue weighted by Gasteiger charge is -2.35. The molecular formula is C37H48ClN3O9S. The maximum atomic E-state index is 14.5. The van der Waals surface area contributed by atoms with Crippen molar-refractivity contribution in [2.45, 2.75) is 103 Å². The van der Waals surface area contributed by atoms with Crippen LogP contribution in [0.25, 0.3) is 10.8 Å². The predicted octanol–water partition coefficient (Wildman–Crippen LogP) is 5.40. The summed E-state index contributed by atoms with van der Waals surface area (Å²) in [6.07, 6.45) is 3.12. The quantitative estimate of drug-likeness (QED) is 0.208. The minimum absolute atomic E-state index is 0.00789. The Labute approximate surface area is 304 Å². The number of Topliss-reactive ketones (excluding diaryl/α,β-unsaturated/α-hetero) is 1. The van der Waals surface area contributed by atoms with E-state index in [1.165, 1.54) is 18.2 Å². The zero-order chi connectivity index (χ0) is 37.7. The lowest BCUT2D eigenvalue weighted by molar-refractivity contribution is -0.161. The number of rotatable bonds is 13. The van der Waals surface area contributed by atoms with Crippen molar-refractivity contribution < 1.29 is 41.8 Å². The number of sulfonamides is 1. The van der Waals surface area contributed by atoms with Crippen molar-refractivity contribution >= 4 is 56.0 Å². The first-order chi connectivity index (χ1) is 23.7. The Morgan fingerprint density at radius 2 is 1.82 bits per heavy atom. The van der Waals surface area contributed by atoms with Crippen LogP contribution in [-0.2, 0) is 33.9 Å². The Bertz CT molecular complexity index is 1850. The average molecular weight is 746 g/mol. The molecular weight excluding hydrogens is 698 g/mol. The maximum Gasteiger partial charge on any atom is 0.307 e. The fourth-order valence-corrected chi connectivity index (χ4v) is 8.39. The van der Waals surface area contributed by atoms with Crippen molar-refractivity contribution in [3.8, 4) is 11.6 Å². The molecule has 5 rings (SSSR count). The molecule has 2 aromatic rings. The van der Waals surface area contributed by atoms with Crippen molar-refractivity contribution in [3.05, 3.63) is 42.1 Å². The zero-order valence-corrected chi connectivity index (χ0v) is 31.9. The first kappa shape index (κ1) is 38.5. The van der Waals surface area contributed by atoms with E-state index in [1.807, 2.05) is 20.8 Å². The summed E-state index contributed by atoms with van der Waals surface area (Å²) in [6.45, 7) is 14.6. The second kappa shape index (κ2) is 14.0. The van der Waals surface area contributed by atoms with Gasteiger partial charge in [0.2, 0.25) is 27.7 Å². The van der Waals surface area contributed by atoms with Gasteiger partial charge < -0.3 is 19.1 Å². The molecule has 1 aromatic heterocycles. The number of esters is 1. The monoisotopic (exact) mass is 745 g/mol. The lowest BCUT2D eigenvalue weighted by Crippen LogP contribution is -2.49. The van der Waals surface area contributed by atoms with E-state index in [4.69, 9.17) is 25.8 Å². The molecule has 3 aliphatic rings. The number of carbonyl (C=O) groups excluding carboxylic acids is 4. The predicted molar refractivity (Wildman–Crippen MR) is 192 cm³/mol. The van der Waals surface area contributed by atoms with Crippen LogP contribution in [0.3, 0.4) is 0 Å². The third-order valence-electron chi connectivity index (χ3n) is 9.88. The molecule has 0 spiro atoms. The van der Waals surface area contributed by atoms with E-state index < -0.39 is 79.3 Å². The second-order valence-electron chi connectivity index (χ2n) is 16.0. The standard InChI is InChI=1S/C37H48ClN3O9S/c1-9-21-17-37(21,34(45)40-51(46,47)24-11-12-24)18-29(42)28-15-23(49-32-26-14-22(38)10-13-25(26)30(48-8)19-39-32)20-41(28)33(44)27(35(2,3)4)16-31(43)50-36(5,6)7/h9-10,13-14,19,21,23-24,27-28H,1,11-12,15-18,20H2,2-8H3,(H,40,45)/t21-,23-,27-,28+,37?/m1/s1. The van der Waals surface area contributed by atoms with E-state index in [2.05, 4.69) is 16.3 Å². The van der Waals surface area contributed by atoms with Crippen LogP contribution in [0.4, 0.5) is 0 Å². The van der Waals surface area contributed by atoms with Gasteiger partial charge in [0.1, 0.15) is 17.5 Å². The second-order valence-corrected chi connectivity index (χ2v) is 18.4. The number of nitrogens with one attached hydrogen (secondary N) is 1. The van der Waals surface area contributed by atoms with Crippen molar-refractivity contribution in [2.75, 3.05) is 13.7 Å². The number of ether oxygens (including phenoxy) is 3. The molecule has 1 unspecified atom stereocenters. The molecule has 1 aromatic carbocycles. The van der Waals surface area contributed by atoms with E-state index in [1.54, 1.807) is 45.0 Å². The van der Waals surface area contributed by atoms with Crippen molar-refractivity contribution in [3.63, 3.8) is 0 Å². The van der Waals surface area contributed by atoms with Gasteiger partial charge in [-0.2, -0.15) is 0 Å². The van der Waals surface area contributed by atoms with E-state index in [0.717, 1.165) is 0 Å². The van der Waals surface area contributed by atoms with Gasteiger partial charge in [-0.05, 0) is 69.6 Å². The number of benzene rings is 1. The number of pyridine rings is 1. The third-order valence-corrected chi connectivity index (χ3v) is 11.9. The van der Waals surface area contributed by atoms with Gasteiger partial charge >= 0.3 is 5.97 Å². The molecule has 3 fully saturated rings. The van der Waals surface area contributed by atoms with Crippen LogP contribution in [0, 0.1) is 22.7 Å². The number of carbonyl (C=O) groups is 4. The number of nitrogens with zero attached hydrogens (tertiary/aromatic N) is 2. The molecule has 2 amide bonds. The minimum atomic E-state index is -3.86. The number of hydrogen-bond acceptors (Lipinski definition) is 10. The van der Waals surface area contributed by atoms with E-state index in [-0.39, 0.29) is 38.1 Å². The summed E-state index contributed by atoms with van der Waals surface area (Å²) in [5, 5.41) is 1.11. The van der Waals surface area contributed by atoms with Gasteiger partial charge in [0.15, 0.2) is 5.78 Å².